The topological polar surface area (TPSA) is 56.4 Å². The van der Waals surface area contributed by atoms with Crippen LogP contribution in [0.2, 0.25) is 0 Å². The van der Waals surface area contributed by atoms with E-state index < -0.39 is 0 Å². The molecule has 2 fully saturated rings. The van der Waals surface area contributed by atoms with Crippen molar-refractivity contribution >= 4 is 5.84 Å². The zero-order valence-electron chi connectivity index (χ0n) is 11.9. The predicted molar refractivity (Wildman–Crippen MR) is 75.9 cm³/mol. The zero-order chi connectivity index (χ0) is 13.2. The first-order chi connectivity index (χ1) is 8.49. The molecule has 0 bridgehead atoms. The van der Waals surface area contributed by atoms with Crippen molar-refractivity contribution in [1.29, 1.82) is 5.41 Å². The number of nitrogens with zero attached hydrogens (tertiary/aromatic N) is 2. The van der Waals surface area contributed by atoms with Crippen molar-refractivity contribution in [2.45, 2.75) is 33.1 Å². The minimum Gasteiger partial charge on any atom is -0.388 e. The van der Waals surface area contributed by atoms with Crippen LogP contribution in [0.25, 0.3) is 0 Å². The SMILES string of the molecule is CC(C)CN1CCN(CC2(CC(=N)N)CC2)CC1. The molecule has 1 aliphatic carbocycles. The van der Waals surface area contributed by atoms with E-state index in [2.05, 4.69) is 23.6 Å². The minimum atomic E-state index is 0.367. The summed E-state index contributed by atoms with van der Waals surface area (Å²) in [5, 5.41) is 7.47. The third kappa shape index (κ3) is 3.95. The highest BCUT2D eigenvalue weighted by Gasteiger charge is 2.44. The van der Waals surface area contributed by atoms with E-state index in [1.807, 2.05) is 0 Å². The number of amidine groups is 1. The molecule has 2 rings (SSSR count). The Hall–Kier alpha value is -0.610. The number of nitrogens with one attached hydrogen (secondary N) is 1. The maximum absolute atomic E-state index is 7.47. The van der Waals surface area contributed by atoms with E-state index in [1.165, 1.54) is 45.6 Å². The van der Waals surface area contributed by atoms with E-state index in [0.29, 0.717) is 11.3 Å². The lowest BCUT2D eigenvalue weighted by molar-refractivity contribution is 0.106. The lowest BCUT2D eigenvalue weighted by atomic mass is 10.0. The number of rotatable bonds is 6. The summed E-state index contributed by atoms with van der Waals surface area (Å²) in [6.45, 7) is 11.7. The van der Waals surface area contributed by atoms with Crippen LogP contribution in [0.1, 0.15) is 33.1 Å². The molecule has 0 aromatic heterocycles. The van der Waals surface area contributed by atoms with Gasteiger partial charge in [-0.1, -0.05) is 13.8 Å². The van der Waals surface area contributed by atoms with Gasteiger partial charge in [-0.2, -0.15) is 0 Å². The molecule has 2 aliphatic rings. The molecular formula is C14H28N4. The molecule has 1 saturated heterocycles. The summed E-state index contributed by atoms with van der Waals surface area (Å²) in [5.74, 6) is 1.13. The normalized spacial score (nSPS) is 24.4. The second kappa shape index (κ2) is 5.57. The van der Waals surface area contributed by atoms with E-state index in [0.717, 1.165) is 18.9 Å². The summed E-state index contributed by atoms with van der Waals surface area (Å²) >= 11 is 0. The van der Waals surface area contributed by atoms with Crippen LogP contribution in [0, 0.1) is 16.7 Å². The minimum absolute atomic E-state index is 0.367. The van der Waals surface area contributed by atoms with E-state index in [1.54, 1.807) is 0 Å². The molecular weight excluding hydrogens is 224 g/mol. The molecule has 104 valence electrons. The lowest BCUT2D eigenvalue weighted by Gasteiger charge is -2.37. The molecule has 4 nitrogen and oxygen atoms in total. The lowest BCUT2D eigenvalue weighted by Crippen LogP contribution is -2.49. The highest BCUT2D eigenvalue weighted by Crippen LogP contribution is 2.49. The highest BCUT2D eigenvalue weighted by atomic mass is 15.3. The molecule has 4 heteroatoms. The van der Waals surface area contributed by atoms with E-state index in [-0.39, 0.29) is 0 Å². The van der Waals surface area contributed by atoms with Gasteiger partial charge in [-0.25, -0.2) is 0 Å². The van der Waals surface area contributed by atoms with Crippen LogP contribution in [0.5, 0.6) is 0 Å². The van der Waals surface area contributed by atoms with Gasteiger partial charge < -0.3 is 15.5 Å². The average molecular weight is 252 g/mol. The van der Waals surface area contributed by atoms with Gasteiger partial charge in [-0.15, -0.1) is 0 Å². The van der Waals surface area contributed by atoms with Crippen LogP contribution in [0.15, 0.2) is 0 Å². The Bertz CT molecular complexity index is 288. The molecule has 0 amide bonds. The van der Waals surface area contributed by atoms with Crippen molar-refractivity contribution in [2.24, 2.45) is 17.1 Å². The van der Waals surface area contributed by atoms with Crippen molar-refractivity contribution in [1.82, 2.24) is 9.80 Å². The van der Waals surface area contributed by atoms with Gasteiger partial charge in [0.25, 0.3) is 0 Å². The molecule has 0 aromatic carbocycles. The fourth-order valence-electron chi connectivity index (χ4n) is 3.09. The van der Waals surface area contributed by atoms with Gasteiger partial charge in [0, 0.05) is 45.7 Å². The molecule has 0 radical (unpaired) electrons. The Morgan fingerprint density at radius 3 is 2.17 bits per heavy atom. The Labute approximate surface area is 111 Å². The number of hydrogen-bond donors (Lipinski definition) is 2. The van der Waals surface area contributed by atoms with Crippen molar-refractivity contribution in [3.05, 3.63) is 0 Å². The highest BCUT2D eigenvalue weighted by molar-refractivity contribution is 5.78. The van der Waals surface area contributed by atoms with Crippen molar-refractivity contribution in [3.63, 3.8) is 0 Å². The van der Waals surface area contributed by atoms with Gasteiger partial charge >= 0.3 is 0 Å². The summed E-state index contributed by atoms with van der Waals surface area (Å²) < 4.78 is 0. The van der Waals surface area contributed by atoms with Crippen LogP contribution < -0.4 is 5.73 Å². The standard InChI is InChI=1S/C14H28N4/c1-12(2)10-17-5-7-18(8-6-17)11-14(3-4-14)9-13(15)16/h12H,3-11H2,1-2H3,(H3,15,16). The first-order valence-corrected chi connectivity index (χ1v) is 7.27. The molecule has 0 spiro atoms. The van der Waals surface area contributed by atoms with Gasteiger partial charge in [-0.05, 0) is 24.2 Å². The summed E-state index contributed by atoms with van der Waals surface area (Å²) in [6, 6.07) is 0. The Morgan fingerprint density at radius 2 is 1.72 bits per heavy atom. The molecule has 1 heterocycles. The van der Waals surface area contributed by atoms with Crippen LogP contribution in [0.4, 0.5) is 0 Å². The van der Waals surface area contributed by atoms with Crippen molar-refractivity contribution in [3.8, 4) is 0 Å². The van der Waals surface area contributed by atoms with Gasteiger partial charge in [-0.3, -0.25) is 5.41 Å². The van der Waals surface area contributed by atoms with E-state index in [4.69, 9.17) is 11.1 Å². The maximum atomic E-state index is 7.47. The Morgan fingerprint density at radius 1 is 1.17 bits per heavy atom. The molecule has 1 saturated carbocycles. The van der Waals surface area contributed by atoms with Crippen LogP contribution in [-0.2, 0) is 0 Å². The zero-order valence-corrected chi connectivity index (χ0v) is 11.9. The van der Waals surface area contributed by atoms with Gasteiger partial charge in [0.05, 0.1) is 5.84 Å². The van der Waals surface area contributed by atoms with Crippen LogP contribution >= 0.6 is 0 Å². The number of nitrogens with two attached hydrogens (primary N) is 1. The summed E-state index contributed by atoms with van der Waals surface area (Å²) in [4.78, 5) is 5.15. The monoisotopic (exact) mass is 252 g/mol. The number of hydrogen-bond acceptors (Lipinski definition) is 3. The Kier molecular flexibility index (Phi) is 4.28. The third-order valence-electron chi connectivity index (χ3n) is 4.17. The van der Waals surface area contributed by atoms with Gasteiger partial charge in [0.1, 0.15) is 0 Å². The van der Waals surface area contributed by atoms with Crippen molar-refractivity contribution in [2.75, 3.05) is 39.3 Å². The molecule has 3 N–H and O–H groups in total. The first kappa shape index (κ1) is 13.8. The first-order valence-electron chi connectivity index (χ1n) is 7.27. The summed E-state index contributed by atoms with van der Waals surface area (Å²) in [7, 11) is 0. The van der Waals surface area contributed by atoms with Gasteiger partial charge in [0.15, 0.2) is 0 Å². The summed E-state index contributed by atoms with van der Waals surface area (Å²) in [6.07, 6.45) is 3.33. The molecule has 1 aliphatic heterocycles. The smallest absolute Gasteiger partial charge is 0.0911 e. The van der Waals surface area contributed by atoms with Crippen molar-refractivity contribution < 1.29 is 0 Å². The molecule has 0 unspecified atom stereocenters. The fraction of sp³-hybridized carbons (Fsp3) is 0.929. The van der Waals surface area contributed by atoms with Crippen LogP contribution in [-0.4, -0.2) is 54.9 Å². The average Bonchev–Trinajstić information content (AvgIpc) is 2.99. The molecule has 0 atom stereocenters. The molecule has 0 aromatic rings. The van der Waals surface area contributed by atoms with Gasteiger partial charge in [0.2, 0.25) is 0 Å². The number of piperazine rings is 1. The quantitative estimate of drug-likeness (QED) is 0.554. The second-order valence-electron chi connectivity index (χ2n) is 6.67. The Balaban J connectivity index is 1.72. The predicted octanol–water partition coefficient (Wildman–Crippen LogP) is 1.37. The molecule has 18 heavy (non-hydrogen) atoms. The third-order valence-corrected chi connectivity index (χ3v) is 4.17. The van der Waals surface area contributed by atoms with E-state index in [9.17, 15) is 0 Å². The fourth-order valence-corrected chi connectivity index (χ4v) is 3.09. The maximum Gasteiger partial charge on any atom is 0.0911 e. The van der Waals surface area contributed by atoms with Crippen LogP contribution in [0.3, 0.4) is 0 Å². The largest absolute Gasteiger partial charge is 0.388 e. The summed E-state index contributed by atoms with van der Waals surface area (Å²) in [5.41, 5.74) is 5.92. The second-order valence-corrected chi connectivity index (χ2v) is 6.67. The van der Waals surface area contributed by atoms with E-state index >= 15 is 0 Å².